The zero-order valence-electron chi connectivity index (χ0n) is 7.99. The van der Waals surface area contributed by atoms with Gasteiger partial charge in [0.2, 0.25) is 0 Å². The Balaban J connectivity index is 3.15. The van der Waals surface area contributed by atoms with Crippen LogP contribution in [0.4, 0.5) is 0 Å². The van der Waals surface area contributed by atoms with Gasteiger partial charge in [-0.15, -0.1) is 0 Å². The van der Waals surface area contributed by atoms with Crippen LogP contribution in [0, 0.1) is 5.92 Å². The van der Waals surface area contributed by atoms with Crippen molar-refractivity contribution in [3.05, 3.63) is 0 Å². The monoisotopic (exact) mass is 176 g/mol. The van der Waals surface area contributed by atoms with Gasteiger partial charge in [-0.25, -0.2) is 0 Å². The Kier molecular flexibility index (Phi) is 7.45. The van der Waals surface area contributed by atoms with Crippen molar-refractivity contribution in [1.29, 1.82) is 0 Å². The van der Waals surface area contributed by atoms with E-state index in [2.05, 4.69) is 13.8 Å². The molecule has 0 aliphatic rings. The van der Waals surface area contributed by atoms with Crippen LogP contribution in [0.1, 0.15) is 26.7 Å². The summed E-state index contributed by atoms with van der Waals surface area (Å²) in [6.45, 7) is 4.94. The first-order chi connectivity index (χ1) is 5.66. The molecule has 2 N–H and O–H groups in total. The lowest BCUT2D eigenvalue weighted by atomic mass is 10.1. The van der Waals surface area contributed by atoms with E-state index in [0.29, 0.717) is 19.1 Å². The summed E-state index contributed by atoms with van der Waals surface area (Å²) < 4.78 is 4.98. The fourth-order valence-electron chi connectivity index (χ4n) is 0.893. The van der Waals surface area contributed by atoms with E-state index in [-0.39, 0.29) is 12.7 Å². The average Bonchev–Trinajstić information content (AvgIpc) is 2.01. The van der Waals surface area contributed by atoms with Gasteiger partial charge in [0.05, 0.1) is 25.9 Å². The molecule has 0 aromatic carbocycles. The second-order valence-electron chi connectivity index (χ2n) is 3.42. The van der Waals surface area contributed by atoms with Crippen molar-refractivity contribution in [3.8, 4) is 0 Å². The highest BCUT2D eigenvalue weighted by Gasteiger charge is 2.04. The zero-order valence-corrected chi connectivity index (χ0v) is 7.99. The van der Waals surface area contributed by atoms with Gasteiger partial charge in [-0.05, 0) is 18.8 Å². The molecule has 0 amide bonds. The van der Waals surface area contributed by atoms with Crippen molar-refractivity contribution in [2.24, 2.45) is 5.92 Å². The first-order valence-corrected chi connectivity index (χ1v) is 4.53. The lowest BCUT2D eigenvalue weighted by molar-refractivity contribution is 0.0160. The van der Waals surface area contributed by atoms with E-state index >= 15 is 0 Å². The summed E-state index contributed by atoms with van der Waals surface area (Å²) in [6.07, 6.45) is 1.42. The first-order valence-electron chi connectivity index (χ1n) is 4.53. The largest absolute Gasteiger partial charge is 0.394 e. The summed E-state index contributed by atoms with van der Waals surface area (Å²) >= 11 is 0. The minimum atomic E-state index is -0.376. The van der Waals surface area contributed by atoms with E-state index in [1.54, 1.807) is 0 Å². The molecule has 0 heterocycles. The molecular formula is C9H20O3. The molecule has 0 bridgehead atoms. The molecule has 12 heavy (non-hydrogen) atoms. The molecule has 0 aliphatic carbocycles. The topological polar surface area (TPSA) is 49.7 Å². The minimum Gasteiger partial charge on any atom is -0.394 e. The van der Waals surface area contributed by atoms with Gasteiger partial charge >= 0.3 is 0 Å². The van der Waals surface area contributed by atoms with E-state index in [4.69, 9.17) is 9.84 Å². The third-order valence-corrected chi connectivity index (χ3v) is 1.62. The van der Waals surface area contributed by atoms with Gasteiger partial charge in [0, 0.05) is 0 Å². The van der Waals surface area contributed by atoms with Crippen LogP contribution in [0.3, 0.4) is 0 Å². The lowest BCUT2D eigenvalue weighted by Gasteiger charge is -2.11. The Morgan fingerprint density at radius 3 is 2.42 bits per heavy atom. The Bertz CT molecular complexity index is 93.8. The summed E-state index contributed by atoms with van der Waals surface area (Å²) in [7, 11) is 0. The molecule has 3 heteroatoms. The third-order valence-electron chi connectivity index (χ3n) is 1.62. The summed E-state index contributed by atoms with van der Waals surface area (Å²) in [5, 5.41) is 17.7. The molecule has 1 atom stereocenters. The number of rotatable bonds is 7. The third kappa shape index (κ3) is 7.98. The Hall–Kier alpha value is -0.120. The SMILES string of the molecule is CC(C)CCC(O)COCCO. The van der Waals surface area contributed by atoms with Crippen LogP contribution in [0.15, 0.2) is 0 Å². The molecule has 0 radical (unpaired) electrons. The molecular weight excluding hydrogens is 156 g/mol. The van der Waals surface area contributed by atoms with Crippen molar-refractivity contribution < 1.29 is 14.9 Å². The van der Waals surface area contributed by atoms with E-state index in [1.807, 2.05) is 0 Å². The van der Waals surface area contributed by atoms with Crippen molar-refractivity contribution in [2.75, 3.05) is 19.8 Å². The molecule has 0 aromatic heterocycles. The van der Waals surface area contributed by atoms with Gasteiger partial charge in [0.25, 0.3) is 0 Å². The maximum Gasteiger partial charge on any atom is 0.0773 e. The van der Waals surface area contributed by atoms with Gasteiger partial charge in [-0.1, -0.05) is 13.8 Å². The Morgan fingerprint density at radius 2 is 1.92 bits per heavy atom. The second kappa shape index (κ2) is 7.53. The molecule has 0 saturated heterocycles. The highest BCUT2D eigenvalue weighted by atomic mass is 16.5. The molecule has 0 aromatic rings. The molecule has 0 rings (SSSR count). The molecule has 0 aliphatic heterocycles. The van der Waals surface area contributed by atoms with Crippen LogP contribution in [0.2, 0.25) is 0 Å². The highest BCUT2D eigenvalue weighted by molar-refractivity contribution is 4.55. The highest BCUT2D eigenvalue weighted by Crippen LogP contribution is 2.06. The predicted octanol–water partition coefficient (Wildman–Crippen LogP) is 0.792. The summed E-state index contributed by atoms with van der Waals surface area (Å²) in [5.41, 5.74) is 0. The molecule has 74 valence electrons. The van der Waals surface area contributed by atoms with Crippen molar-refractivity contribution in [1.82, 2.24) is 0 Å². The van der Waals surface area contributed by atoms with Crippen LogP contribution in [-0.4, -0.2) is 36.1 Å². The van der Waals surface area contributed by atoms with Crippen molar-refractivity contribution >= 4 is 0 Å². The number of hydrogen-bond donors (Lipinski definition) is 2. The number of aliphatic hydroxyl groups excluding tert-OH is 2. The predicted molar refractivity (Wildman–Crippen MR) is 48.0 cm³/mol. The van der Waals surface area contributed by atoms with Crippen LogP contribution < -0.4 is 0 Å². The van der Waals surface area contributed by atoms with Gasteiger partial charge in [-0.3, -0.25) is 0 Å². The zero-order chi connectivity index (χ0) is 9.40. The number of hydrogen-bond acceptors (Lipinski definition) is 3. The molecule has 0 fully saturated rings. The summed E-state index contributed by atoms with van der Waals surface area (Å²) in [4.78, 5) is 0. The average molecular weight is 176 g/mol. The van der Waals surface area contributed by atoms with Crippen molar-refractivity contribution in [2.45, 2.75) is 32.8 Å². The van der Waals surface area contributed by atoms with E-state index in [0.717, 1.165) is 12.8 Å². The minimum absolute atomic E-state index is 0.0247. The summed E-state index contributed by atoms with van der Waals surface area (Å²) in [5.74, 6) is 0.623. The fraction of sp³-hybridized carbons (Fsp3) is 1.00. The van der Waals surface area contributed by atoms with Crippen molar-refractivity contribution in [3.63, 3.8) is 0 Å². The smallest absolute Gasteiger partial charge is 0.0773 e. The molecule has 3 nitrogen and oxygen atoms in total. The number of aliphatic hydroxyl groups is 2. The van der Waals surface area contributed by atoms with Crippen LogP contribution in [0.5, 0.6) is 0 Å². The lowest BCUT2D eigenvalue weighted by Crippen LogP contribution is -2.17. The molecule has 1 unspecified atom stereocenters. The van der Waals surface area contributed by atoms with E-state index < -0.39 is 0 Å². The van der Waals surface area contributed by atoms with E-state index in [9.17, 15) is 5.11 Å². The van der Waals surface area contributed by atoms with E-state index in [1.165, 1.54) is 0 Å². The van der Waals surface area contributed by atoms with Crippen LogP contribution >= 0.6 is 0 Å². The first kappa shape index (κ1) is 11.9. The van der Waals surface area contributed by atoms with Gasteiger partial charge in [0.15, 0.2) is 0 Å². The maximum absolute atomic E-state index is 9.32. The number of ether oxygens (including phenoxy) is 1. The van der Waals surface area contributed by atoms with Crippen LogP contribution in [-0.2, 0) is 4.74 Å². The maximum atomic E-state index is 9.32. The summed E-state index contributed by atoms with van der Waals surface area (Å²) in [6, 6.07) is 0. The van der Waals surface area contributed by atoms with Gasteiger partial charge in [0.1, 0.15) is 0 Å². The van der Waals surface area contributed by atoms with Gasteiger partial charge in [-0.2, -0.15) is 0 Å². The molecule has 0 saturated carbocycles. The quantitative estimate of drug-likeness (QED) is 0.564. The standard InChI is InChI=1S/C9H20O3/c1-8(2)3-4-9(11)7-12-6-5-10/h8-11H,3-7H2,1-2H3. The molecule has 0 spiro atoms. The Morgan fingerprint density at radius 1 is 1.25 bits per heavy atom. The van der Waals surface area contributed by atoms with Crippen LogP contribution in [0.25, 0.3) is 0 Å². The Labute approximate surface area is 74.4 Å². The normalized spacial score (nSPS) is 13.8. The van der Waals surface area contributed by atoms with Gasteiger partial charge < -0.3 is 14.9 Å². The fourth-order valence-corrected chi connectivity index (χ4v) is 0.893. The second-order valence-corrected chi connectivity index (χ2v) is 3.42.